The number of fused-ring (bicyclic) bond motifs is 1. The second-order valence-corrected chi connectivity index (χ2v) is 6.78. The minimum absolute atomic E-state index is 0.145. The number of hydrogen-bond acceptors (Lipinski definition) is 3. The Hall–Kier alpha value is -2.08. The Morgan fingerprint density at radius 2 is 1.92 bits per heavy atom. The smallest absolute Gasteiger partial charge is 0.244 e. The van der Waals surface area contributed by atoms with Gasteiger partial charge >= 0.3 is 0 Å². The van der Waals surface area contributed by atoms with Crippen LogP contribution in [0.15, 0.2) is 42.5 Å². The fraction of sp³-hybridized carbons (Fsp3) is 0.222. The quantitative estimate of drug-likeness (QED) is 0.730. The summed E-state index contributed by atoms with van der Waals surface area (Å²) >= 11 is 12.1. The zero-order valence-corrected chi connectivity index (χ0v) is 15.5. The van der Waals surface area contributed by atoms with Crippen molar-refractivity contribution in [1.29, 1.82) is 0 Å². The van der Waals surface area contributed by atoms with Crippen molar-refractivity contribution in [2.24, 2.45) is 0 Å². The molecule has 0 bridgehead atoms. The highest BCUT2D eigenvalue weighted by molar-refractivity contribution is 6.43. The Morgan fingerprint density at radius 1 is 1.16 bits per heavy atom. The summed E-state index contributed by atoms with van der Waals surface area (Å²) in [5, 5.41) is 3.56. The van der Waals surface area contributed by atoms with Crippen LogP contribution >= 0.6 is 23.2 Å². The molecule has 0 radical (unpaired) electrons. The molecule has 1 heterocycles. The van der Waals surface area contributed by atoms with Crippen LogP contribution in [0.4, 0.5) is 5.69 Å². The number of hydrogen-bond donors (Lipinski definition) is 1. The van der Waals surface area contributed by atoms with Gasteiger partial charge in [-0.1, -0.05) is 41.4 Å². The maximum Gasteiger partial charge on any atom is 0.244 e. The van der Waals surface area contributed by atoms with Crippen molar-refractivity contribution >= 4 is 45.8 Å². The van der Waals surface area contributed by atoms with Crippen LogP contribution in [0.1, 0.15) is 5.82 Å². The topological polar surface area (TPSA) is 50.2 Å². The molecule has 3 aromatic rings. The molecular formula is C18H18Cl2N4O. The molecule has 0 aliphatic heterocycles. The number of carbonyl (C=O) groups excluding carboxylic acids is 1. The number of para-hydroxylation sites is 2. The van der Waals surface area contributed by atoms with Gasteiger partial charge in [-0.2, -0.15) is 0 Å². The molecule has 1 aromatic heterocycles. The summed E-state index contributed by atoms with van der Waals surface area (Å²) in [6.07, 6.45) is 0. The molecule has 0 spiro atoms. The molecule has 0 saturated carbocycles. The van der Waals surface area contributed by atoms with Crippen LogP contribution in [0.25, 0.3) is 11.0 Å². The molecule has 0 fully saturated rings. The third-order valence-electron chi connectivity index (χ3n) is 3.72. The fourth-order valence-corrected chi connectivity index (χ4v) is 2.99. The minimum atomic E-state index is -0.188. The van der Waals surface area contributed by atoms with E-state index in [1.165, 1.54) is 0 Å². The number of carbonyl (C=O) groups is 1. The first-order chi connectivity index (χ1) is 12.0. The lowest BCUT2D eigenvalue weighted by Crippen LogP contribution is -2.22. The van der Waals surface area contributed by atoms with Gasteiger partial charge in [0.1, 0.15) is 12.4 Å². The van der Waals surface area contributed by atoms with Gasteiger partial charge in [0.25, 0.3) is 0 Å². The maximum absolute atomic E-state index is 12.5. The van der Waals surface area contributed by atoms with Crippen molar-refractivity contribution in [3.8, 4) is 0 Å². The number of nitrogens with one attached hydrogen (secondary N) is 1. The number of anilines is 1. The van der Waals surface area contributed by atoms with Crippen molar-refractivity contribution in [3.63, 3.8) is 0 Å². The first kappa shape index (κ1) is 17.7. The monoisotopic (exact) mass is 376 g/mol. The summed E-state index contributed by atoms with van der Waals surface area (Å²) in [5.74, 6) is 0.644. The molecule has 0 saturated heterocycles. The van der Waals surface area contributed by atoms with Gasteiger partial charge in [-0.15, -0.1) is 0 Å². The van der Waals surface area contributed by atoms with Crippen LogP contribution in [0.2, 0.25) is 10.0 Å². The largest absolute Gasteiger partial charge is 0.323 e. The molecule has 130 valence electrons. The normalized spacial score (nSPS) is 11.2. The molecule has 0 unspecified atom stereocenters. The Morgan fingerprint density at radius 3 is 2.68 bits per heavy atom. The molecule has 1 amide bonds. The number of imidazole rings is 1. The minimum Gasteiger partial charge on any atom is -0.323 e. The predicted molar refractivity (Wildman–Crippen MR) is 102 cm³/mol. The number of halogens is 2. The lowest BCUT2D eigenvalue weighted by molar-refractivity contribution is -0.116. The third-order valence-corrected chi connectivity index (χ3v) is 4.54. The highest BCUT2D eigenvalue weighted by atomic mass is 35.5. The van der Waals surface area contributed by atoms with Crippen molar-refractivity contribution in [1.82, 2.24) is 14.5 Å². The zero-order chi connectivity index (χ0) is 18.0. The summed E-state index contributed by atoms with van der Waals surface area (Å²) in [7, 11) is 3.94. The standard InChI is InChI=1S/C18H18Cl2N4O/c1-23(2)10-16-21-13-7-3-4-9-15(13)24(16)11-17(25)22-14-8-5-6-12(19)18(14)20/h3-9H,10-11H2,1-2H3,(H,22,25). The van der Waals surface area contributed by atoms with Gasteiger partial charge in [0, 0.05) is 0 Å². The van der Waals surface area contributed by atoms with Crippen molar-refractivity contribution in [2.75, 3.05) is 19.4 Å². The predicted octanol–water partition coefficient (Wildman–Crippen LogP) is 4.04. The Labute approximate surface area is 156 Å². The third kappa shape index (κ3) is 3.95. The highest BCUT2D eigenvalue weighted by Gasteiger charge is 2.15. The first-order valence-electron chi connectivity index (χ1n) is 7.78. The number of benzene rings is 2. The van der Waals surface area contributed by atoms with E-state index in [1.54, 1.807) is 18.2 Å². The molecule has 1 N–H and O–H groups in total. The van der Waals surface area contributed by atoms with Crippen LogP contribution in [0, 0.1) is 0 Å². The number of rotatable bonds is 5. The van der Waals surface area contributed by atoms with Gasteiger partial charge in [-0.3, -0.25) is 4.79 Å². The fourth-order valence-electron chi connectivity index (χ4n) is 2.64. The van der Waals surface area contributed by atoms with E-state index >= 15 is 0 Å². The van der Waals surface area contributed by atoms with E-state index in [1.807, 2.05) is 47.8 Å². The van der Waals surface area contributed by atoms with Gasteiger partial charge in [-0.05, 0) is 38.4 Å². The average molecular weight is 377 g/mol. The second kappa shape index (κ2) is 7.44. The van der Waals surface area contributed by atoms with Crippen LogP contribution in [-0.4, -0.2) is 34.5 Å². The highest BCUT2D eigenvalue weighted by Crippen LogP contribution is 2.29. The van der Waals surface area contributed by atoms with Crippen molar-refractivity contribution < 1.29 is 4.79 Å². The molecule has 7 heteroatoms. The number of nitrogens with zero attached hydrogens (tertiary/aromatic N) is 3. The number of aromatic nitrogens is 2. The summed E-state index contributed by atoms with van der Waals surface area (Å²) in [6, 6.07) is 12.9. The first-order valence-corrected chi connectivity index (χ1v) is 8.54. The Bertz CT molecular complexity index is 921. The zero-order valence-electron chi connectivity index (χ0n) is 14.0. The number of amides is 1. The average Bonchev–Trinajstić information content (AvgIpc) is 2.89. The van der Waals surface area contributed by atoms with Crippen LogP contribution in [-0.2, 0) is 17.9 Å². The maximum atomic E-state index is 12.5. The van der Waals surface area contributed by atoms with Crippen LogP contribution in [0.5, 0.6) is 0 Å². The van der Waals surface area contributed by atoms with Crippen molar-refractivity contribution in [3.05, 3.63) is 58.3 Å². The Kier molecular flexibility index (Phi) is 5.27. The molecule has 25 heavy (non-hydrogen) atoms. The molecule has 5 nitrogen and oxygen atoms in total. The van der Waals surface area contributed by atoms with Crippen LogP contribution < -0.4 is 5.32 Å². The van der Waals surface area contributed by atoms with E-state index in [0.717, 1.165) is 16.9 Å². The summed E-state index contributed by atoms with van der Waals surface area (Å²) in [5.41, 5.74) is 2.29. The van der Waals surface area contributed by atoms with Gasteiger partial charge in [-0.25, -0.2) is 4.98 Å². The van der Waals surface area contributed by atoms with E-state index < -0.39 is 0 Å². The van der Waals surface area contributed by atoms with E-state index in [4.69, 9.17) is 23.2 Å². The molecular weight excluding hydrogens is 359 g/mol. The van der Waals surface area contributed by atoms with Gasteiger partial charge in [0.2, 0.25) is 5.91 Å². The molecule has 0 aliphatic rings. The SMILES string of the molecule is CN(C)Cc1nc2ccccc2n1CC(=O)Nc1cccc(Cl)c1Cl. The van der Waals surface area contributed by atoms with E-state index in [2.05, 4.69) is 10.3 Å². The van der Waals surface area contributed by atoms with Gasteiger partial charge in [0.05, 0.1) is 33.3 Å². The Balaban J connectivity index is 1.88. The second-order valence-electron chi connectivity index (χ2n) is 5.99. The van der Waals surface area contributed by atoms with Crippen LogP contribution in [0.3, 0.4) is 0 Å². The van der Waals surface area contributed by atoms with E-state index in [-0.39, 0.29) is 12.5 Å². The molecule has 2 aromatic carbocycles. The molecule has 3 rings (SSSR count). The summed E-state index contributed by atoms with van der Waals surface area (Å²) in [6.45, 7) is 0.784. The summed E-state index contributed by atoms with van der Waals surface area (Å²) in [4.78, 5) is 19.2. The van der Waals surface area contributed by atoms with Gasteiger partial charge in [0.15, 0.2) is 0 Å². The molecule has 0 atom stereocenters. The molecule has 0 aliphatic carbocycles. The summed E-state index contributed by atoms with van der Waals surface area (Å²) < 4.78 is 1.92. The van der Waals surface area contributed by atoms with Crippen molar-refractivity contribution in [2.45, 2.75) is 13.1 Å². The van der Waals surface area contributed by atoms with E-state index in [0.29, 0.717) is 22.3 Å². The van der Waals surface area contributed by atoms with E-state index in [9.17, 15) is 4.79 Å². The van der Waals surface area contributed by atoms with Gasteiger partial charge < -0.3 is 14.8 Å². The lowest BCUT2D eigenvalue weighted by Gasteiger charge is -2.13. The lowest BCUT2D eigenvalue weighted by atomic mass is 10.3.